The third kappa shape index (κ3) is 6.28. The van der Waals surface area contributed by atoms with E-state index < -0.39 is 26.7 Å². The SMILES string of the molecule is Cc1oc(Cc2ccc3ccccc3c2)c(C(=O)c2cc(C(C)C)c(OS(=O)(=O)c3ccc(C(=O)O)cc3O)c(C(C)C)c2)c1C. The number of furan rings is 1. The van der Waals surface area contributed by atoms with Crippen LogP contribution in [0.2, 0.25) is 0 Å². The molecule has 0 aliphatic rings. The minimum atomic E-state index is -4.59. The van der Waals surface area contributed by atoms with Crippen molar-refractivity contribution in [2.45, 2.75) is 64.7 Å². The van der Waals surface area contributed by atoms with Crippen LogP contribution in [0, 0.1) is 13.8 Å². The fourth-order valence-corrected chi connectivity index (χ4v) is 6.62. The van der Waals surface area contributed by atoms with Gasteiger partial charge in [0.1, 0.15) is 27.9 Å². The standard InChI is InChI=1S/C37H36O8S/c1-20(2)29-17-28(18-30(21(3)4)36(29)45-46(42,43)33-14-13-27(37(40)41)19-31(33)38)35(39)34-22(5)23(6)44-32(34)16-24-11-12-25-9-7-8-10-26(25)15-24/h7-15,17-21,38H,16H2,1-6H3,(H,40,41). The number of carbonyl (C=O) groups is 2. The molecule has 238 valence electrons. The highest BCUT2D eigenvalue weighted by Crippen LogP contribution is 2.40. The molecule has 2 N–H and O–H groups in total. The van der Waals surface area contributed by atoms with E-state index >= 15 is 0 Å². The Morgan fingerprint density at radius 2 is 1.46 bits per heavy atom. The molecule has 0 spiro atoms. The van der Waals surface area contributed by atoms with E-state index in [1.165, 1.54) is 0 Å². The van der Waals surface area contributed by atoms with E-state index in [9.17, 15) is 28.2 Å². The van der Waals surface area contributed by atoms with Crippen LogP contribution in [0.4, 0.5) is 0 Å². The van der Waals surface area contributed by atoms with E-state index in [2.05, 4.69) is 6.07 Å². The minimum absolute atomic E-state index is 0.0692. The number of hydrogen-bond donors (Lipinski definition) is 2. The summed E-state index contributed by atoms with van der Waals surface area (Å²) in [6.45, 7) is 11.1. The van der Waals surface area contributed by atoms with Crippen molar-refractivity contribution < 1.29 is 36.8 Å². The lowest BCUT2D eigenvalue weighted by molar-refractivity contribution is 0.0696. The first-order valence-electron chi connectivity index (χ1n) is 15.0. The zero-order valence-electron chi connectivity index (χ0n) is 26.5. The van der Waals surface area contributed by atoms with E-state index in [1.54, 1.807) is 12.1 Å². The maximum absolute atomic E-state index is 14.3. The monoisotopic (exact) mass is 640 g/mol. The van der Waals surface area contributed by atoms with Crippen LogP contribution < -0.4 is 4.18 Å². The van der Waals surface area contributed by atoms with Gasteiger partial charge in [-0.05, 0) is 83.5 Å². The Labute approximate surface area is 268 Å². The molecule has 9 heteroatoms. The van der Waals surface area contributed by atoms with Crippen LogP contribution in [-0.2, 0) is 16.5 Å². The molecule has 0 amide bonds. The van der Waals surface area contributed by atoms with Gasteiger partial charge >= 0.3 is 16.1 Å². The molecule has 46 heavy (non-hydrogen) atoms. The second-order valence-electron chi connectivity index (χ2n) is 12.1. The molecule has 0 saturated carbocycles. The number of hydrogen-bond acceptors (Lipinski definition) is 7. The average Bonchev–Trinajstić information content (AvgIpc) is 3.27. The second-order valence-corrected chi connectivity index (χ2v) is 13.6. The highest BCUT2D eigenvalue weighted by Gasteiger charge is 2.30. The molecule has 4 aromatic carbocycles. The predicted molar refractivity (Wildman–Crippen MR) is 176 cm³/mol. The molecule has 0 radical (unpaired) electrons. The zero-order valence-corrected chi connectivity index (χ0v) is 27.4. The molecular formula is C37H36O8S. The van der Waals surface area contributed by atoms with E-state index in [-0.39, 0.29) is 28.9 Å². The summed E-state index contributed by atoms with van der Waals surface area (Å²) in [6.07, 6.45) is 0.415. The van der Waals surface area contributed by atoms with Gasteiger partial charge in [0.25, 0.3) is 0 Å². The molecule has 5 aromatic rings. The Morgan fingerprint density at radius 1 is 0.826 bits per heavy atom. The molecule has 0 bridgehead atoms. The number of aryl methyl sites for hydroxylation is 1. The number of aromatic carboxylic acids is 1. The van der Waals surface area contributed by atoms with Crippen molar-refractivity contribution in [2.75, 3.05) is 0 Å². The molecule has 1 aromatic heterocycles. The molecule has 0 saturated heterocycles. The fraction of sp³-hybridized carbons (Fsp3) is 0.243. The summed E-state index contributed by atoms with van der Waals surface area (Å²) in [5.74, 6) is -1.53. The molecule has 1 heterocycles. The van der Waals surface area contributed by atoms with Gasteiger partial charge < -0.3 is 18.8 Å². The van der Waals surface area contributed by atoms with E-state index in [0.717, 1.165) is 40.1 Å². The van der Waals surface area contributed by atoms with Crippen molar-refractivity contribution in [2.24, 2.45) is 0 Å². The number of benzene rings is 4. The van der Waals surface area contributed by atoms with Gasteiger partial charge in [0.15, 0.2) is 5.78 Å². The summed E-state index contributed by atoms with van der Waals surface area (Å²) < 4.78 is 38.7. The molecule has 0 fully saturated rings. The maximum Gasteiger partial charge on any atom is 0.342 e. The zero-order chi connectivity index (χ0) is 33.5. The first-order chi connectivity index (χ1) is 21.7. The van der Waals surface area contributed by atoms with Crippen LogP contribution in [0.3, 0.4) is 0 Å². The van der Waals surface area contributed by atoms with Crippen molar-refractivity contribution in [1.29, 1.82) is 0 Å². The van der Waals surface area contributed by atoms with E-state index in [4.69, 9.17) is 8.60 Å². The van der Waals surface area contributed by atoms with Crippen LogP contribution in [0.5, 0.6) is 11.5 Å². The van der Waals surface area contributed by atoms with Crippen molar-refractivity contribution in [3.05, 3.63) is 123 Å². The van der Waals surface area contributed by atoms with Crippen LogP contribution in [-0.4, -0.2) is 30.4 Å². The van der Waals surface area contributed by atoms with Gasteiger partial charge in [-0.25, -0.2) is 4.79 Å². The molecule has 0 aliphatic carbocycles. The summed E-state index contributed by atoms with van der Waals surface area (Å²) >= 11 is 0. The number of phenolic OH excluding ortho intramolecular Hbond substituents is 1. The number of rotatable bonds is 10. The molecule has 0 unspecified atom stereocenters. The summed E-state index contributed by atoms with van der Waals surface area (Å²) in [5, 5.41) is 21.8. The topological polar surface area (TPSA) is 131 Å². The first kappa shape index (κ1) is 32.5. The van der Waals surface area contributed by atoms with E-state index in [0.29, 0.717) is 40.2 Å². The maximum atomic E-state index is 14.3. The van der Waals surface area contributed by atoms with Crippen molar-refractivity contribution >= 4 is 32.6 Å². The molecule has 8 nitrogen and oxygen atoms in total. The quantitative estimate of drug-likeness (QED) is 0.115. The number of carbonyl (C=O) groups excluding carboxylic acids is 1. The van der Waals surface area contributed by atoms with Crippen molar-refractivity contribution in [1.82, 2.24) is 0 Å². The van der Waals surface area contributed by atoms with Crippen molar-refractivity contribution in [3.8, 4) is 11.5 Å². The smallest absolute Gasteiger partial charge is 0.342 e. The van der Waals surface area contributed by atoms with Gasteiger partial charge in [-0.2, -0.15) is 8.42 Å². The summed E-state index contributed by atoms with van der Waals surface area (Å²) in [4.78, 5) is 25.0. The Hall–Kier alpha value is -4.89. The Balaban J connectivity index is 1.57. The Morgan fingerprint density at radius 3 is 2.04 bits per heavy atom. The normalized spacial score (nSPS) is 11.8. The Kier molecular flexibility index (Phi) is 8.82. The van der Waals surface area contributed by atoms with Crippen LogP contribution >= 0.6 is 0 Å². The minimum Gasteiger partial charge on any atom is -0.506 e. The number of phenols is 1. The molecule has 5 rings (SSSR count). The summed E-state index contributed by atoms with van der Waals surface area (Å²) in [7, 11) is -4.59. The Bertz CT molecular complexity index is 2070. The predicted octanol–water partition coefficient (Wildman–Crippen LogP) is 8.29. The van der Waals surface area contributed by atoms with E-state index in [1.807, 2.05) is 77.9 Å². The second kappa shape index (κ2) is 12.5. The van der Waals surface area contributed by atoms with Gasteiger partial charge in [-0.1, -0.05) is 70.2 Å². The third-order valence-electron chi connectivity index (χ3n) is 8.18. The summed E-state index contributed by atoms with van der Waals surface area (Å²) in [6, 6.07) is 20.5. The van der Waals surface area contributed by atoms with Crippen LogP contribution in [0.25, 0.3) is 10.8 Å². The fourth-order valence-electron chi connectivity index (χ4n) is 5.57. The average molecular weight is 641 g/mol. The van der Waals surface area contributed by atoms with Gasteiger partial charge in [-0.15, -0.1) is 0 Å². The van der Waals surface area contributed by atoms with Gasteiger partial charge in [0.2, 0.25) is 0 Å². The highest BCUT2D eigenvalue weighted by molar-refractivity contribution is 7.87. The van der Waals surface area contributed by atoms with Crippen LogP contribution in [0.1, 0.15) is 99.6 Å². The first-order valence-corrected chi connectivity index (χ1v) is 16.4. The third-order valence-corrected chi connectivity index (χ3v) is 9.45. The number of fused-ring (bicyclic) bond motifs is 1. The van der Waals surface area contributed by atoms with Gasteiger partial charge in [-0.3, -0.25) is 4.79 Å². The number of ketones is 1. The summed E-state index contributed by atoms with van der Waals surface area (Å²) in [5.41, 5.74) is 3.30. The lowest BCUT2D eigenvalue weighted by Gasteiger charge is -2.21. The molecule has 0 atom stereocenters. The number of aromatic hydroxyl groups is 1. The van der Waals surface area contributed by atoms with Crippen molar-refractivity contribution in [3.63, 3.8) is 0 Å². The lowest BCUT2D eigenvalue weighted by atomic mass is 9.88. The molecule has 0 aliphatic heterocycles. The van der Waals surface area contributed by atoms with Gasteiger partial charge in [0.05, 0.1) is 11.1 Å². The van der Waals surface area contributed by atoms with Crippen LogP contribution in [0.15, 0.2) is 82.1 Å². The largest absolute Gasteiger partial charge is 0.506 e. The molecular weight excluding hydrogens is 604 g/mol. The lowest BCUT2D eigenvalue weighted by Crippen LogP contribution is -2.15. The number of carboxylic acid groups (broad SMARTS) is 1. The van der Waals surface area contributed by atoms with Gasteiger partial charge in [0, 0.05) is 17.5 Å². The number of carboxylic acids is 1. The highest BCUT2D eigenvalue weighted by atomic mass is 32.2.